The highest BCUT2D eigenvalue weighted by atomic mass is 127. The summed E-state index contributed by atoms with van der Waals surface area (Å²) in [6.07, 6.45) is 3.49. The van der Waals surface area contributed by atoms with Crippen LogP contribution in [0.25, 0.3) is 0 Å². The number of rotatable bonds is 7. The highest BCUT2D eigenvalue weighted by molar-refractivity contribution is 14.0. The third-order valence-electron chi connectivity index (χ3n) is 3.60. The number of halogens is 1. The summed E-state index contributed by atoms with van der Waals surface area (Å²) in [5.41, 5.74) is 1.01. The number of guanidine groups is 1. The lowest BCUT2D eigenvalue weighted by Crippen LogP contribution is -2.41. The van der Waals surface area contributed by atoms with E-state index in [0.717, 1.165) is 17.9 Å². The molecule has 1 aromatic carbocycles. The molecular formula is C17H30IN3O2S. The van der Waals surface area contributed by atoms with Gasteiger partial charge in [0.05, 0.1) is 4.90 Å². The van der Waals surface area contributed by atoms with Crippen LogP contribution in [0, 0.1) is 5.92 Å². The molecule has 0 aliphatic carbocycles. The van der Waals surface area contributed by atoms with Crippen molar-refractivity contribution < 1.29 is 8.42 Å². The molecule has 7 heteroatoms. The zero-order valence-corrected chi connectivity index (χ0v) is 18.3. The van der Waals surface area contributed by atoms with Crippen LogP contribution in [0.4, 0.5) is 0 Å². The van der Waals surface area contributed by atoms with E-state index in [0.29, 0.717) is 23.4 Å². The molecule has 0 heterocycles. The van der Waals surface area contributed by atoms with E-state index in [1.54, 1.807) is 19.2 Å². The van der Waals surface area contributed by atoms with Crippen LogP contribution in [-0.4, -0.2) is 33.7 Å². The van der Waals surface area contributed by atoms with Crippen molar-refractivity contribution in [1.29, 1.82) is 0 Å². The maximum atomic E-state index is 11.4. The Kier molecular flexibility index (Phi) is 10.5. The maximum Gasteiger partial charge on any atom is 0.191 e. The number of sulfone groups is 1. The van der Waals surface area contributed by atoms with Gasteiger partial charge in [0.1, 0.15) is 0 Å². The van der Waals surface area contributed by atoms with Gasteiger partial charge in [-0.3, -0.25) is 4.99 Å². The molecule has 1 aromatic rings. The van der Waals surface area contributed by atoms with Crippen LogP contribution in [-0.2, 0) is 16.4 Å². The highest BCUT2D eigenvalue weighted by Gasteiger charge is 2.08. The number of hydrogen-bond acceptors (Lipinski definition) is 3. The monoisotopic (exact) mass is 467 g/mol. The fourth-order valence-electron chi connectivity index (χ4n) is 2.12. The summed E-state index contributed by atoms with van der Waals surface area (Å²) in [7, 11) is -1.39. The minimum atomic E-state index is -3.14. The van der Waals surface area contributed by atoms with Crippen LogP contribution in [0.5, 0.6) is 0 Å². The fraction of sp³-hybridized carbons (Fsp3) is 0.588. The van der Waals surface area contributed by atoms with Crippen molar-refractivity contribution in [3.63, 3.8) is 0 Å². The van der Waals surface area contributed by atoms with E-state index in [9.17, 15) is 8.42 Å². The molecule has 0 radical (unpaired) electrons. The number of benzene rings is 1. The fourth-order valence-corrected chi connectivity index (χ4v) is 2.75. The second-order valence-corrected chi connectivity index (χ2v) is 8.37. The smallest absolute Gasteiger partial charge is 0.191 e. The second-order valence-electron chi connectivity index (χ2n) is 6.36. The van der Waals surface area contributed by atoms with Gasteiger partial charge in [-0.25, -0.2) is 8.42 Å². The molecule has 0 saturated heterocycles. The SMILES string of the molecule is CN=C(NCc1ccc(S(C)(=O)=O)cc1)NC(C)CCC(C)C.I. The van der Waals surface area contributed by atoms with E-state index in [4.69, 9.17) is 0 Å². The molecule has 0 spiro atoms. The van der Waals surface area contributed by atoms with Crippen LogP contribution >= 0.6 is 24.0 Å². The Balaban J connectivity index is 0.00000529. The van der Waals surface area contributed by atoms with Gasteiger partial charge in [-0.1, -0.05) is 26.0 Å². The van der Waals surface area contributed by atoms with Crippen LogP contribution in [0.15, 0.2) is 34.2 Å². The molecule has 24 heavy (non-hydrogen) atoms. The Morgan fingerprint density at radius 1 is 1.12 bits per heavy atom. The van der Waals surface area contributed by atoms with E-state index < -0.39 is 9.84 Å². The first-order chi connectivity index (χ1) is 10.7. The summed E-state index contributed by atoms with van der Waals surface area (Å²) in [5.74, 6) is 1.45. The van der Waals surface area contributed by atoms with Gasteiger partial charge in [0, 0.05) is 25.9 Å². The van der Waals surface area contributed by atoms with Crippen molar-refractivity contribution in [2.75, 3.05) is 13.3 Å². The van der Waals surface area contributed by atoms with Gasteiger partial charge in [-0.05, 0) is 43.4 Å². The van der Waals surface area contributed by atoms with Crippen molar-refractivity contribution >= 4 is 39.8 Å². The van der Waals surface area contributed by atoms with Crippen LogP contribution in [0.2, 0.25) is 0 Å². The molecule has 2 N–H and O–H groups in total. The number of aliphatic imine (C=N–C) groups is 1. The van der Waals surface area contributed by atoms with E-state index in [2.05, 4.69) is 36.4 Å². The Labute approximate surface area is 163 Å². The Bertz CT molecular complexity index is 613. The summed E-state index contributed by atoms with van der Waals surface area (Å²) in [4.78, 5) is 4.56. The minimum Gasteiger partial charge on any atom is -0.354 e. The lowest BCUT2D eigenvalue weighted by atomic mass is 10.0. The Morgan fingerprint density at radius 2 is 1.71 bits per heavy atom. The molecule has 0 aliphatic rings. The molecular weight excluding hydrogens is 437 g/mol. The van der Waals surface area contributed by atoms with Gasteiger partial charge in [-0.15, -0.1) is 24.0 Å². The van der Waals surface area contributed by atoms with Gasteiger partial charge < -0.3 is 10.6 Å². The van der Waals surface area contributed by atoms with Gasteiger partial charge in [-0.2, -0.15) is 0 Å². The first kappa shape index (κ1) is 23.2. The Morgan fingerprint density at radius 3 is 2.17 bits per heavy atom. The van der Waals surface area contributed by atoms with Gasteiger partial charge in [0.2, 0.25) is 0 Å². The summed E-state index contributed by atoms with van der Waals surface area (Å²) in [6.45, 7) is 7.19. The Hall–Kier alpha value is -0.830. The summed E-state index contributed by atoms with van der Waals surface area (Å²) >= 11 is 0. The van der Waals surface area contributed by atoms with Crippen molar-refractivity contribution in [2.24, 2.45) is 10.9 Å². The molecule has 0 amide bonds. The van der Waals surface area contributed by atoms with Gasteiger partial charge in [0.25, 0.3) is 0 Å². The lowest BCUT2D eigenvalue weighted by molar-refractivity contribution is 0.489. The summed E-state index contributed by atoms with van der Waals surface area (Å²) < 4.78 is 22.9. The second kappa shape index (κ2) is 10.9. The highest BCUT2D eigenvalue weighted by Crippen LogP contribution is 2.10. The quantitative estimate of drug-likeness (QED) is 0.367. The summed E-state index contributed by atoms with van der Waals surface area (Å²) in [5, 5.41) is 6.62. The number of nitrogens with zero attached hydrogens (tertiary/aromatic N) is 1. The average molecular weight is 467 g/mol. The minimum absolute atomic E-state index is 0. The third kappa shape index (κ3) is 8.86. The topological polar surface area (TPSA) is 70.6 Å². The number of nitrogens with one attached hydrogen (secondary N) is 2. The van der Waals surface area contributed by atoms with Crippen LogP contribution in [0.3, 0.4) is 0 Å². The average Bonchev–Trinajstić information content (AvgIpc) is 2.48. The summed E-state index contributed by atoms with van der Waals surface area (Å²) in [6, 6.07) is 7.26. The van der Waals surface area contributed by atoms with E-state index in [1.807, 2.05) is 12.1 Å². The first-order valence-corrected chi connectivity index (χ1v) is 9.87. The maximum absolute atomic E-state index is 11.4. The zero-order chi connectivity index (χ0) is 17.5. The van der Waals surface area contributed by atoms with Gasteiger partial charge >= 0.3 is 0 Å². The van der Waals surface area contributed by atoms with Crippen LogP contribution < -0.4 is 10.6 Å². The van der Waals surface area contributed by atoms with E-state index >= 15 is 0 Å². The zero-order valence-electron chi connectivity index (χ0n) is 15.2. The van der Waals surface area contributed by atoms with E-state index in [1.165, 1.54) is 12.7 Å². The van der Waals surface area contributed by atoms with Crippen molar-refractivity contribution in [1.82, 2.24) is 10.6 Å². The van der Waals surface area contributed by atoms with Crippen molar-refractivity contribution in [3.05, 3.63) is 29.8 Å². The van der Waals surface area contributed by atoms with Gasteiger partial charge in [0.15, 0.2) is 15.8 Å². The van der Waals surface area contributed by atoms with E-state index in [-0.39, 0.29) is 24.0 Å². The first-order valence-electron chi connectivity index (χ1n) is 7.98. The van der Waals surface area contributed by atoms with Crippen molar-refractivity contribution in [2.45, 2.75) is 51.1 Å². The lowest BCUT2D eigenvalue weighted by Gasteiger charge is -2.18. The molecule has 138 valence electrons. The third-order valence-corrected chi connectivity index (χ3v) is 4.72. The molecule has 1 unspecified atom stereocenters. The molecule has 1 rings (SSSR count). The molecule has 0 saturated carbocycles. The molecule has 0 fully saturated rings. The normalized spacial score (nSPS) is 13.3. The molecule has 0 aromatic heterocycles. The molecule has 0 aliphatic heterocycles. The molecule has 5 nitrogen and oxygen atoms in total. The van der Waals surface area contributed by atoms with Crippen LogP contribution in [0.1, 0.15) is 39.2 Å². The predicted molar refractivity (Wildman–Crippen MR) is 112 cm³/mol. The standard InChI is InChI=1S/C17H29N3O2S.HI/c1-13(2)6-7-14(3)20-17(18-4)19-12-15-8-10-16(11-9-15)23(5,21)22;/h8-11,13-14H,6-7,12H2,1-5H3,(H2,18,19,20);1H. The number of hydrogen-bond donors (Lipinski definition) is 2. The largest absolute Gasteiger partial charge is 0.354 e. The molecule has 1 atom stereocenters. The molecule has 0 bridgehead atoms. The predicted octanol–water partition coefficient (Wildman–Crippen LogP) is 3.20. The van der Waals surface area contributed by atoms with Crippen molar-refractivity contribution in [3.8, 4) is 0 Å².